The SMILES string of the molecule is COCCn1ncc(Br)c1C(=O)c1sc(C)nc1C. The first kappa shape index (κ1) is 14.4. The lowest BCUT2D eigenvalue weighted by Gasteiger charge is -2.06. The summed E-state index contributed by atoms with van der Waals surface area (Å²) in [7, 11) is 1.62. The number of methoxy groups -OCH3 is 1. The Morgan fingerprint density at radius 2 is 2.26 bits per heavy atom. The summed E-state index contributed by atoms with van der Waals surface area (Å²) in [4.78, 5) is 17.5. The van der Waals surface area contributed by atoms with Crippen LogP contribution in [0.5, 0.6) is 0 Å². The van der Waals surface area contributed by atoms with Crippen molar-refractivity contribution in [1.82, 2.24) is 14.8 Å². The van der Waals surface area contributed by atoms with Gasteiger partial charge in [0.15, 0.2) is 0 Å². The second-order valence-electron chi connectivity index (χ2n) is 4.03. The zero-order chi connectivity index (χ0) is 14.0. The molecular weight excluding hydrogens is 330 g/mol. The Kier molecular flexibility index (Phi) is 4.49. The quantitative estimate of drug-likeness (QED) is 0.783. The number of hydrogen-bond donors (Lipinski definition) is 0. The predicted octanol–water partition coefficient (Wildman–Crippen LogP) is 2.60. The predicted molar refractivity (Wildman–Crippen MR) is 76.8 cm³/mol. The Bertz CT molecular complexity index is 606. The van der Waals surface area contributed by atoms with Crippen LogP contribution in [0.15, 0.2) is 10.7 Å². The Labute approximate surface area is 123 Å². The molecule has 2 aromatic heterocycles. The van der Waals surface area contributed by atoms with Crippen LogP contribution in [0.2, 0.25) is 0 Å². The van der Waals surface area contributed by atoms with Gasteiger partial charge in [0, 0.05) is 7.11 Å². The van der Waals surface area contributed by atoms with Crippen molar-refractivity contribution in [3.63, 3.8) is 0 Å². The van der Waals surface area contributed by atoms with Crippen molar-refractivity contribution in [2.45, 2.75) is 20.4 Å². The first-order valence-corrected chi connectivity index (χ1v) is 7.34. The number of aryl methyl sites for hydroxylation is 2. The molecule has 0 aliphatic heterocycles. The van der Waals surface area contributed by atoms with Gasteiger partial charge in [0.2, 0.25) is 5.78 Å². The number of carbonyl (C=O) groups is 1. The average molecular weight is 344 g/mol. The van der Waals surface area contributed by atoms with E-state index in [4.69, 9.17) is 4.74 Å². The largest absolute Gasteiger partial charge is 0.383 e. The van der Waals surface area contributed by atoms with Gasteiger partial charge < -0.3 is 4.74 Å². The number of rotatable bonds is 5. The van der Waals surface area contributed by atoms with Gasteiger partial charge in [-0.1, -0.05) is 0 Å². The van der Waals surface area contributed by atoms with Gasteiger partial charge in [0.25, 0.3) is 0 Å². The molecule has 0 atom stereocenters. The van der Waals surface area contributed by atoms with E-state index in [1.165, 1.54) is 11.3 Å². The van der Waals surface area contributed by atoms with Gasteiger partial charge >= 0.3 is 0 Å². The van der Waals surface area contributed by atoms with Crippen LogP contribution in [0, 0.1) is 13.8 Å². The van der Waals surface area contributed by atoms with Crippen molar-refractivity contribution in [2.75, 3.05) is 13.7 Å². The highest BCUT2D eigenvalue weighted by Crippen LogP contribution is 2.25. The molecule has 0 bridgehead atoms. The molecule has 0 spiro atoms. The number of ether oxygens (including phenoxy) is 1. The molecule has 102 valence electrons. The highest BCUT2D eigenvalue weighted by atomic mass is 79.9. The van der Waals surface area contributed by atoms with Crippen LogP contribution in [0.3, 0.4) is 0 Å². The van der Waals surface area contributed by atoms with E-state index in [1.807, 2.05) is 13.8 Å². The van der Waals surface area contributed by atoms with E-state index in [-0.39, 0.29) is 5.78 Å². The van der Waals surface area contributed by atoms with Crippen molar-refractivity contribution < 1.29 is 9.53 Å². The summed E-state index contributed by atoms with van der Waals surface area (Å²) >= 11 is 4.79. The standard InChI is InChI=1S/C12H14BrN3O2S/c1-7-12(19-8(2)15-7)11(17)10-9(13)6-14-16(10)4-5-18-3/h6H,4-5H2,1-3H3. The first-order valence-electron chi connectivity index (χ1n) is 5.73. The zero-order valence-electron chi connectivity index (χ0n) is 10.9. The molecule has 0 saturated carbocycles. The van der Waals surface area contributed by atoms with Crippen molar-refractivity contribution in [1.29, 1.82) is 0 Å². The fraction of sp³-hybridized carbons (Fsp3) is 0.417. The number of carbonyl (C=O) groups excluding carboxylic acids is 1. The Morgan fingerprint density at radius 1 is 1.53 bits per heavy atom. The molecule has 0 aliphatic rings. The molecule has 0 fully saturated rings. The van der Waals surface area contributed by atoms with E-state index in [1.54, 1.807) is 18.0 Å². The molecule has 7 heteroatoms. The van der Waals surface area contributed by atoms with Gasteiger partial charge in [0.1, 0.15) is 5.69 Å². The normalized spacial score (nSPS) is 10.9. The smallest absolute Gasteiger partial charge is 0.224 e. The van der Waals surface area contributed by atoms with E-state index in [9.17, 15) is 4.79 Å². The lowest BCUT2D eigenvalue weighted by molar-refractivity contribution is 0.102. The van der Waals surface area contributed by atoms with Gasteiger partial charge in [-0.05, 0) is 29.8 Å². The molecule has 2 rings (SSSR count). The number of nitrogens with zero attached hydrogens (tertiary/aromatic N) is 3. The first-order chi connectivity index (χ1) is 9.04. The minimum Gasteiger partial charge on any atom is -0.383 e. The van der Waals surface area contributed by atoms with Crippen LogP contribution < -0.4 is 0 Å². The number of hydrogen-bond acceptors (Lipinski definition) is 5. The second-order valence-corrected chi connectivity index (χ2v) is 6.09. The van der Waals surface area contributed by atoms with Gasteiger partial charge in [0.05, 0.1) is 39.4 Å². The van der Waals surface area contributed by atoms with Crippen molar-refractivity contribution in [3.8, 4) is 0 Å². The molecule has 0 radical (unpaired) electrons. The Balaban J connectivity index is 2.38. The van der Waals surface area contributed by atoms with Gasteiger partial charge in [-0.2, -0.15) is 5.10 Å². The summed E-state index contributed by atoms with van der Waals surface area (Å²) < 4.78 is 7.38. The van der Waals surface area contributed by atoms with Crippen LogP contribution >= 0.6 is 27.3 Å². The Morgan fingerprint density at radius 3 is 2.84 bits per heavy atom. The van der Waals surface area contributed by atoms with E-state index < -0.39 is 0 Å². The third-order valence-corrected chi connectivity index (χ3v) is 4.28. The number of ketones is 1. The Hall–Kier alpha value is -1.05. The average Bonchev–Trinajstić information content (AvgIpc) is 2.89. The van der Waals surface area contributed by atoms with Gasteiger partial charge in [-0.25, -0.2) is 4.98 Å². The summed E-state index contributed by atoms with van der Waals surface area (Å²) in [6, 6.07) is 0. The topological polar surface area (TPSA) is 57.0 Å². The molecule has 0 unspecified atom stereocenters. The highest BCUT2D eigenvalue weighted by molar-refractivity contribution is 9.10. The highest BCUT2D eigenvalue weighted by Gasteiger charge is 2.22. The lowest BCUT2D eigenvalue weighted by atomic mass is 10.2. The van der Waals surface area contributed by atoms with Crippen molar-refractivity contribution >= 4 is 33.0 Å². The summed E-state index contributed by atoms with van der Waals surface area (Å²) in [5.41, 5.74) is 1.31. The van der Waals surface area contributed by atoms with Crippen LogP contribution in [0.4, 0.5) is 0 Å². The number of thiazole rings is 1. The summed E-state index contributed by atoms with van der Waals surface area (Å²) in [6.45, 7) is 4.79. The van der Waals surface area contributed by atoms with E-state index in [0.29, 0.717) is 28.2 Å². The van der Waals surface area contributed by atoms with Crippen LogP contribution in [0.25, 0.3) is 0 Å². The van der Waals surface area contributed by atoms with Crippen molar-refractivity contribution in [2.24, 2.45) is 0 Å². The summed E-state index contributed by atoms with van der Waals surface area (Å²) in [5, 5.41) is 5.08. The molecule has 19 heavy (non-hydrogen) atoms. The third-order valence-electron chi connectivity index (χ3n) is 2.63. The summed E-state index contributed by atoms with van der Waals surface area (Å²) in [6.07, 6.45) is 1.63. The van der Waals surface area contributed by atoms with Gasteiger partial charge in [-0.3, -0.25) is 9.48 Å². The molecule has 0 saturated heterocycles. The molecule has 5 nitrogen and oxygen atoms in total. The van der Waals surface area contributed by atoms with Gasteiger partial charge in [-0.15, -0.1) is 11.3 Å². The molecule has 0 amide bonds. The monoisotopic (exact) mass is 343 g/mol. The maximum Gasteiger partial charge on any atom is 0.224 e. The number of aromatic nitrogens is 3. The lowest BCUT2D eigenvalue weighted by Crippen LogP contribution is -2.14. The van der Waals surface area contributed by atoms with Crippen LogP contribution in [0.1, 0.15) is 26.1 Å². The van der Waals surface area contributed by atoms with Crippen LogP contribution in [-0.2, 0) is 11.3 Å². The summed E-state index contributed by atoms with van der Waals surface area (Å²) in [5.74, 6) is -0.0522. The zero-order valence-corrected chi connectivity index (χ0v) is 13.3. The molecule has 2 heterocycles. The minimum absolute atomic E-state index is 0.0522. The fourth-order valence-electron chi connectivity index (χ4n) is 1.79. The van der Waals surface area contributed by atoms with E-state index >= 15 is 0 Å². The molecule has 0 aliphatic carbocycles. The molecule has 0 aromatic carbocycles. The maximum absolute atomic E-state index is 12.6. The maximum atomic E-state index is 12.6. The second kappa shape index (κ2) is 5.94. The fourth-order valence-corrected chi connectivity index (χ4v) is 3.12. The number of halogens is 1. The van der Waals surface area contributed by atoms with Crippen molar-refractivity contribution in [3.05, 3.63) is 31.9 Å². The minimum atomic E-state index is -0.0522. The molecule has 0 N–H and O–H groups in total. The van der Waals surface area contributed by atoms with E-state index in [0.717, 1.165) is 10.7 Å². The van der Waals surface area contributed by atoms with E-state index in [2.05, 4.69) is 26.0 Å². The molecule has 2 aromatic rings. The molecular formula is C12H14BrN3O2S. The third kappa shape index (κ3) is 2.93. The van der Waals surface area contributed by atoms with Crippen LogP contribution in [-0.4, -0.2) is 34.3 Å².